The molecule has 140 valence electrons. The Bertz CT molecular complexity index is 729. The van der Waals surface area contributed by atoms with E-state index in [2.05, 4.69) is 48.5 Å². The first-order valence-corrected chi connectivity index (χ1v) is 10.5. The van der Waals surface area contributed by atoms with Crippen molar-refractivity contribution in [1.82, 2.24) is 10.6 Å². The zero-order valence-corrected chi connectivity index (χ0v) is 16.4. The third-order valence-electron chi connectivity index (χ3n) is 4.43. The van der Waals surface area contributed by atoms with Crippen molar-refractivity contribution in [2.24, 2.45) is 4.99 Å². The molecule has 0 saturated carbocycles. The van der Waals surface area contributed by atoms with E-state index in [0.29, 0.717) is 25.5 Å². The molecule has 1 aliphatic rings. The number of guanidine groups is 1. The van der Waals surface area contributed by atoms with E-state index in [1.807, 2.05) is 0 Å². The third kappa shape index (κ3) is 5.92. The Morgan fingerprint density at radius 3 is 2.72 bits per heavy atom. The second kappa shape index (κ2) is 8.56. The molecule has 1 unspecified atom stereocenters. The Balaban J connectivity index is 1.71. The molecular weight excluding hydrogens is 338 g/mol. The number of nitrogens with zero attached hydrogens (tertiary/aromatic N) is 1. The number of ether oxygens (including phenoxy) is 1. The van der Waals surface area contributed by atoms with Crippen molar-refractivity contribution in [3.05, 3.63) is 28.8 Å². The number of aryl methyl sites for hydroxylation is 2. The van der Waals surface area contributed by atoms with E-state index in [-0.39, 0.29) is 17.5 Å². The lowest BCUT2D eigenvalue weighted by Crippen LogP contribution is -2.44. The summed E-state index contributed by atoms with van der Waals surface area (Å²) in [4.78, 5) is 4.15. The van der Waals surface area contributed by atoms with Crippen molar-refractivity contribution in [2.45, 2.75) is 39.7 Å². The van der Waals surface area contributed by atoms with Crippen molar-refractivity contribution in [1.29, 1.82) is 0 Å². The average molecular weight is 368 g/mol. The van der Waals surface area contributed by atoms with Gasteiger partial charge in [0.05, 0.1) is 18.1 Å². The van der Waals surface area contributed by atoms with Gasteiger partial charge in [-0.3, -0.25) is 4.99 Å². The lowest BCUT2D eigenvalue weighted by molar-refractivity contribution is 0.308. The first-order chi connectivity index (χ1) is 11.8. The quantitative estimate of drug-likeness (QED) is 0.455. The molecule has 7 heteroatoms. The van der Waals surface area contributed by atoms with Crippen LogP contribution >= 0.6 is 0 Å². The van der Waals surface area contributed by atoms with Gasteiger partial charge in [0.15, 0.2) is 15.8 Å². The van der Waals surface area contributed by atoms with Crippen LogP contribution in [0.15, 0.2) is 17.1 Å². The van der Waals surface area contributed by atoms with Crippen LogP contribution in [0.25, 0.3) is 0 Å². The molecule has 0 amide bonds. The monoisotopic (exact) mass is 367 g/mol. The Hall–Kier alpha value is -1.76. The first-order valence-electron chi connectivity index (χ1n) is 8.69. The highest BCUT2D eigenvalue weighted by Crippen LogP contribution is 2.23. The smallest absolute Gasteiger partial charge is 0.191 e. The zero-order chi connectivity index (χ0) is 18.4. The summed E-state index contributed by atoms with van der Waals surface area (Å²) in [6, 6.07) is 4.17. The predicted octanol–water partition coefficient (Wildman–Crippen LogP) is 1.73. The fourth-order valence-corrected chi connectivity index (χ4v) is 4.58. The first kappa shape index (κ1) is 19.6. The van der Waals surface area contributed by atoms with Gasteiger partial charge in [-0.05, 0) is 56.4 Å². The van der Waals surface area contributed by atoms with Crippen LogP contribution in [0.4, 0.5) is 0 Å². The second-order valence-electron chi connectivity index (χ2n) is 6.65. The number of nitrogens with one attached hydrogen (secondary N) is 2. The maximum Gasteiger partial charge on any atom is 0.191 e. The number of aliphatic imine (C=N–C) groups is 1. The van der Waals surface area contributed by atoms with Crippen LogP contribution in [0.1, 0.15) is 29.5 Å². The van der Waals surface area contributed by atoms with Gasteiger partial charge in [-0.15, -0.1) is 0 Å². The Morgan fingerprint density at radius 1 is 1.32 bits per heavy atom. The molecule has 0 bridgehead atoms. The number of benzene rings is 1. The number of hydrogen-bond donors (Lipinski definition) is 2. The normalized spacial score (nSPS) is 19.7. The van der Waals surface area contributed by atoms with Gasteiger partial charge in [0.1, 0.15) is 5.75 Å². The zero-order valence-electron chi connectivity index (χ0n) is 15.6. The molecule has 0 aliphatic carbocycles. The topological polar surface area (TPSA) is 79.8 Å². The van der Waals surface area contributed by atoms with E-state index in [4.69, 9.17) is 4.74 Å². The van der Waals surface area contributed by atoms with Gasteiger partial charge in [0.2, 0.25) is 0 Å². The molecule has 0 spiro atoms. The van der Waals surface area contributed by atoms with Crippen LogP contribution in [0, 0.1) is 20.8 Å². The molecule has 1 fully saturated rings. The summed E-state index contributed by atoms with van der Waals surface area (Å²) < 4.78 is 28.9. The molecule has 0 radical (unpaired) electrons. The Labute approximate surface area is 151 Å². The van der Waals surface area contributed by atoms with Gasteiger partial charge < -0.3 is 15.4 Å². The maximum absolute atomic E-state index is 11.5. The molecule has 1 heterocycles. The fourth-order valence-electron chi connectivity index (χ4n) is 2.91. The molecule has 1 aromatic rings. The van der Waals surface area contributed by atoms with E-state index < -0.39 is 9.84 Å². The van der Waals surface area contributed by atoms with Crippen LogP contribution in [-0.2, 0) is 9.84 Å². The van der Waals surface area contributed by atoms with Crippen LogP contribution in [0.5, 0.6) is 5.75 Å². The minimum atomic E-state index is -2.89. The van der Waals surface area contributed by atoms with E-state index in [9.17, 15) is 8.42 Å². The summed E-state index contributed by atoms with van der Waals surface area (Å²) in [5.41, 5.74) is 3.62. The third-order valence-corrected chi connectivity index (χ3v) is 6.20. The summed E-state index contributed by atoms with van der Waals surface area (Å²) in [6.45, 7) is 7.56. The molecule has 1 atom stereocenters. The van der Waals surface area contributed by atoms with E-state index in [1.54, 1.807) is 7.05 Å². The summed E-state index contributed by atoms with van der Waals surface area (Å²) in [5, 5.41) is 6.38. The Morgan fingerprint density at radius 2 is 2.08 bits per heavy atom. The van der Waals surface area contributed by atoms with E-state index in [0.717, 1.165) is 12.2 Å². The fraction of sp³-hybridized carbons (Fsp3) is 0.611. The highest BCUT2D eigenvalue weighted by Gasteiger charge is 2.28. The van der Waals surface area contributed by atoms with Crippen molar-refractivity contribution in [3.63, 3.8) is 0 Å². The maximum atomic E-state index is 11.5. The lowest BCUT2D eigenvalue weighted by atomic mass is 10.1. The molecule has 1 aliphatic heterocycles. The molecule has 2 N–H and O–H groups in total. The van der Waals surface area contributed by atoms with Gasteiger partial charge in [-0.25, -0.2) is 8.42 Å². The summed E-state index contributed by atoms with van der Waals surface area (Å²) >= 11 is 0. The minimum absolute atomic E-state index is 0.0506. The van der Waals surface area contributed by atoms with Crippen molar-refractivity contribution in [3.8, 4) is 5.75 Å². The van der Waals surface area contributed by atoms with Crippen LogP contribution in [-0.4, -0.2) is 52.1 Å². The van der Waals surface area contributed by atoms with Crippen LogP contribution in [0.3, 0.4) is 0 Å². The van der Waals surface area contributed by atoms with Gasteiger partial charge in [0.25, 0.3) is 0 Å². The molecule has 1 saturated heterocycles. The molecule has 1 aromatic carbocycles. The largest absolute Gasteiger partial charge is 0.493 e. The summed E-state index contributed by atoms with van der Waals surface area (Å²) in [5.74, 6) is 2.02. The molecule has 2 rings (SSSR count). The number of sulfone groups is 1. The average Bonchev–Trinajstić information content (AvgIpc) is 2.89. The van der Waals surface area contributed by atoms with Gasteiger partial charge >= 0.3 is 0 Å². The van der Waals surface area contributed by atoms with E-state index in [1.165, 1.54) is 16.7 Å². The van der Waals surface area contributed by atoms with Gasteiger partial charge in [-0.1, -0.05) is 6.07 Å². The van der Waals surface area contributed by atoms with Crippen molar-refractivity contribution >= 4 is 15.8 Å². The lowest BCUT2D eigenvalue weighted by Gasteiger charge is -2.16. The minimum Gasteiger partial charge on any atom is -0.493 e. The highest BCUT2D eigenvalue weighted by molar-refractivity contribution is 7.91. The SMILES string of the molecule is CN=C(NCCCOc1cc(C)cc(C)c1C)NC1CCS(=O)(=O)C1. The Kier molecular flexibility index (Phi) is 6.70. The molecular formula is C18H29N3O3S. The molecule has 0 aromatic heterocycles. The van der Waals surface area contributed by atoms with E-state index >= 15 is 0 Å². The van der Waals surface area contributed by atoms with Crippen LogP contribution < -0.4 is 15.4 Å². The van der Waals surface area contributed by atoms with Crippen molar-refractivity contribution < 1.29 is 13.2 Å². The van der Waals surface area contributed by atoms with Crippen LogP contribution in [0.2, 0.25) is 0 Å². The second-order valence-corrected chi connectivity index (χ2v) is 8.88. The highest BCUT2D eigenvalue weighted by atomic mass is 32.2. The van der Waals surface area contributed by atoms with Gasteiger partial charge in [0, 0.05) is 19.6 Å². The summed E-state index contributed by atoms with van der Waals surface area (Å²) in [7, 11) is -1.20. The molecule has 6 nitrogen and oxygen atoms in total. The predicted molar refractivity (Wildman–Crippen MR) is 102 cm³/mol. The summed E-state index contributed by atoms with van der Waals surface area (Å²) in [6.07, 6.45) is 1.47. The number of hydrogen-bond acceptors (Lipinski definition) is 4. The number of rotatable bonds is 6. The van der Waals surface area contributed by atoms with Gasteiger partial charge in [-0.2, -0.15) is 0 Å². The molecule has 25 heavy (non-hydrogen) atoms. The van der Waals surface area contributed by atoms with Crippen molar-refractivity contribution in [2.75, 3.05) is 31.7 Å². The standard InChI is InChI=1S/C18H29N3O3S/c1-13-10-14(2)15(3)17(11-13)24-8-5-7-20-18(19-4)21-16-6-9-25(22,23)12-16/h10-11,16H,5-9,12H2,1-4H3,(H2,19,20,21).